The predicted molar refractivity (Wildman–Crippen MR) is 54.4 cm³/mol. The number of nitrogen functional groups attached to an aromatic ring is 1. The number of aryl methyl sites for hydroxylation is 1. The molecule has 70 valence electrons. The lowest BCUT2D eigenvalue weighted by Crippen LogP contribution is -1.97. The number of hydrogen-bond donors (Lipinski definition) is 1. The van der Waals surface area contributed by atoms with Crippen molar-refractivity contribution in [1.82, 2.24) is 15.2 Å². The first-order valence-electron chi connectivity index (χ1n) is 4.27. The van der Waals surface area contributed by atoms with Gasteiger partial charge in [-0.05, 0) is 30.7 Å². The van der Waals surface area contributed by atoms with Gasteiger partial charge in [0, 0.05) is 18.0 Å². The van der Waals surface area contributed by atoms with Crippen LogP contribution in [-0.4, -0.2) is 15.2 Å². The zero-order valence-corrected chi connectivity index (χ0v) is 7.81. The maximum absolute atomic E-state index is 5.58. The summed E-state index contributed by atoms with van der Waals surface area (Å²) >= 11 is 0. The van der Waals surface area contributed by atoms with Crippen LogP contribution in [0.25, 0.3) is 11.3 Å². The monoisotopic (exact) mass is 186 g/mol. The molecule has 0 saturated carbocycles. The van der Waals surface area contributed by atoms with Crippen LogP contribution in [-0.2, 0) is 0 Å². The molecule has 2 aromatic rings. The highest BCUT2D eigenvalue weighted by molar-refractivity contribution is 5.59. The smallest absolute Gasteiger partial charge is 0.149 e. The highest BCUT2D eigenvalue weighted by Gasteiger charge is 2.02. The van der Waals surface area contributed by atoms with Crippen molar-refractivity contribution in [2.45, 2.75) is 6.92 Å². The van der Waals surface area contributed by atoms with Crippen LogP contribution in [0, 0.1) is 6.92 Å². The molecule has 0 aromatic carbocycles. The molecule has 0 unspecified atom stereocenters. The molecule has 0 saturated heterocycles. The summed E-state index contributed by atoms with van der Waals surface area (Å²) in [5, 5.41) is 7.85. The Morgan fingerprint density at radius 1 is 1.29 bits per heavy atom. The summed E-state index contributed by atoms with van der Waals surface area (Å²) in [6.07, 6.45) is 3.47. The van der Waals surface area contributed by atoms with E-state index in [1.165, 1.54) is 0 Å². The molecule has 0 aliphatic carbocycles. The van der Waals surface area contributed by atoms with E-state index in [1.807, 2.05) is 25.1 Å². The molecule has 2 N–H and O–H groups in total. The molecule has 0 fully saturated rings. The first-order chi connectivity index (χ1) is 6.77. The number of pyridine rings is 1. The van der Waals surface area contributed by atoms with Gasteiger partial charge in [-0.15, -0.1) is 10.2 Å². The molecule has 0 aliphatic heterocycles. The van der Waals surface area contributed by atoms with E-state index in [-0.39, 0.29) is 0 Å². The van der Waals surface area contributed by atoms with Gasteiger partial charge in [0.1, 0.15) is 5.82 Å². The van der Waals surface area contributed by atoms with Crippen molar-refractivity contribution in [3.63, 3.8) is 0 Å². The molecule has 4 heteroatoms. The second kappa shape index (κ2) is 3.41. The number of anilines is 1. The number of nitrogens with zero attached hydrogens (tertiary/aromatic N) is 3. The molecule has 2 heterocycles. The van der Waals surface area contributed by atoms with Crippen LogP contribution in [0.1, 0.15) is 5.56 Å². The summed E-state index contributed by atoms with van der Waals surface area (Å²) in [4.78, 5) is 4.01. The van der Waals surface area contributed by atoms with Crippen LogP contribution < -0.4 is 5.73 Å². The van der Waals surface area contributed by atoms with E-state index >= 15 is 0 Å². The van der Waals surface area contributed by atoms with Crippen LogP contribution in [0.4, 0.5) is 5.82 Å². The van der Waals surface area contributed by atoms with Gasteiger partial charge in [0.25, 0.3) is 0 Å². The molecule has 2 aromatic heterocycles. The van der Waals surface area contributed by atoms with Crippen molar-refractivity contribution in [2.75, 3.05) is 5.73 Å². The maximum Gasteiger partial charge on any atom is 0.149 e. The fraction of sp³-hybridized carbons (Fsp3) is 0.100. The molecule has 0 radical (unpaired) electrons. The van der Waals surface area contributed by atoms with Gasteiger partial charge in [0.05, 0.1) is 5.69 Å². The van der Waals surface area contributed by atoms with Gasteiger partial charge in [0.2, 0.25) is 0 Å². The van der Waals surface area contributed by atoms with Crippen molar-refractivity contribution in [3.8, 4) is 11.3 Å². The molecular formula is C10H10N4. The van der Waals surface area contributed by atoms with Gasteiger partial charge >= 0.3 is 0 Å². The normalized spacial score (nSPS) is 10.1. The number of aromatic nitrogens is 3. The first kappa shape index (κ1) is 8.62. The largest absolute Gasteiger partial charge is 0.382 e. The Morgan fingerprint density at radius 3 is 2.79 bits per heavy atom. The fourth-order valence-electron chi connectivity index (χ4n) is 1.15. The summed E-state index contributed by atoms with van der Waals surface area (Å²) in [5.74, 6) is 0.470. The minimum Gasteiger partial charge on any atom is -0.382 e. The Morgan fingerprint density at radius 2 is 2.14 bits per heavy atom. The third-order valence-corrected chi connectivity index (χ3v) is 1.98. The maximum atomic E-state index is 5.58. The second-order valence-corrected chi connectivity index (χ2v) is 3.04. The SMILES string of the molecule is Cc1cc(-c2cccnc2)nnc1N. The Kier molecular flexibility index (Phi) is 2.10. The minimum atomic E-state index is 0.470. The molecule has 14 heavy (non-hydrogen) atoms. The summed E-state index contributed by atoms with van der Waals surface area (Å²) in [7, 11) is 0. The van der Waals surface area contributed by atoms with Gasteiger partial charge in [-0.1, -0.05) is 0 Å². The van der Waals surface area contributed by atoms with E-state index in [0.717, 1.165) is 16.8 Å². The van der Waals surface area contributed by atoms with E-state index in [1.54, 1.807) is 12.4 Å². The van der Waals surface area contributed by atoms with E-state index in [4.69, 9.17) is 5.73 Å². The standard InChI is InChI=1S/C10H10N4/c1-7-5-9(13-14-10(7)11)8-3-2-4-12-6-8/h2-6H,1H3,(H2,11,14). The van der Waals surface area contributed by atoms with Crippen LogP contribution in [0.3, 0.4) is 0 Å². The summed E-state index contributed by atoms with van der Waals surface area (Å²) in [6.45, 7) is 1.91. The Hall–Kier alpha value is -1.97. The van der Waals surface area contributed by atoms with Crippen LogP contribution in [0.5, 0.6) is 0 Å². The van der Waals surface area contributed by atoms with Crippen molar-refractivity contribution >= 4 is 5.82 Å². The molecule has 0 amide bonds. The second-order valence-electron chi connectivity index (χ2n) is 3.04. The lowest BCUT2D eigenvalue weighted by Gasteiger charge is -2.01. The van der Waals surface area contributed by atoms with E-state index < -0.39 is 0 Å². The number of nitrogens with two attached hydrogens (primary N) is 1. The Balaban J connectivity index is 2.48. The summed E-state index contributed by atoms with van der Waals surface area (Å²) in [6, 6.07) is 5.70. The highest BCUT2D eigenvalue weighted by Crippen LogP contribution is 2.17. The topological polar surface area (TPSA) is 64.7 Å². The van der Waals surface area contributed by atoms with E-state index in [9.17, 15) is 0 Å². The van der Waals surface area contributed by atoms with Crippen molar-refractivity contribution < 1.29 is 0 Å². The molecule has 0 spiro atoms. The van der Waals surface area contributed by atoms with Gasteiger partial charge < -0.3 is 5.73 Å². The summed E-state index contributed by atoms with van der Waals surface area (Å²) < 4.78 is 0. The van der Waals surface area contributed by atoms with Gasteiger partial charge in [-0.25, -0.2) is 0 Å². The molecule has 4 nitrogen and oxygen atoms in total. The molecule has 0 bridgehead atoms. The van der Waals surface area contributed by atoms with Gasteiger partial charge in [-0.3, -0.25) is 4.98 Å². The van der Waals surface area contributed by atoms with Crippen molar-refractivity contribution in [3.05, 3.63) is 36.2 Å². The van der Waals surface area contributed by atoms with E-state index in [0.29, 0.717) is 5.82 Å². The zero-order valence-electron chi connectivity index (χ0n) is 7.81. The number of rotatable bonds is 1. The van der Waals surface area contributed by atoms with Crippen LogP contribution in [0.15, 0.2) is 30.6 Å². The first-order valence-corrected chi connectivity index (χ1v) is 4.27. The predicted octanol–water partition coefficient (Wildman–Crippen LogP) is 1.43. The zero-order chi connectivity index (χ0) is 9.97. The lowest BCUT2D eigenvalue weighted by molar-refractivity contribution is 1.03. The molecule has 0 atom stereocenters. The van der Waals surface area contributed by atoms with Gasteiger partial charge in [-0.2, -0.15) is 0 Å². The average Bonchev–Trinajstić information content (AvgIpc) is 2.23. The lowest BCUT2D eigenvalue weighted by atomic mass is 10.1. The minimum absolute atomic E-state index is 0.470. The van der Waals surface area contributed by atoms with Crippen LogP contribution in [0.2, 0.25) is 0 Å². The van der Waals surface area contributed by atoms with Crippen molar-refractivity contribution in [1.29, 1.82) is 0 Å². The third-order valence-electron chi connectivity index (χ3n) is 1.98. The van der Waals surface area contributed by atoms with E-state index in [2.05, 4.69) is 15.2 Å². The number of hydrogen-bond acceptors (Lipinski definition) is 4. The third kappa shape index (κ3) is 1.54. The molecule has 0 aliphatic rings. The van der Waals surface area contributed by atoms with Crippen LogP contribution >= 0.6 is 0 Å². The fourth-order valence-corrected chi connectivity index (χ4v) is 1.15. The summed E-state index contributed by atoms with van der Waals surface area (Å²) in [5.41, 5.74) is 8.25. The highest BCUT2D eigenvalue weighted by atomic mass is 15.1. The molecule has 2 rings (SSSR count). The van der Waals surface area contributed by atoms with Gasteiger partial charge in [0.15, 0.2) is 0 Å². The Bertz CT molecular complexity index is 439. The quantitative estimate of drug-likeness (QED) is 0.731. The van der Waals surface area contributed by atoms with Crippen molar-refractivity contribution in [2.24, 2.45) is 0 Å². The average molecular weight is 186 g/mol. The molecular weight excluding hydrogens is 176 g/mol. The Labute approximate surface area is 81.8 Å².